The minimum atomic E-state index is 0.734. The number of hydrogen-bond donors (Lipinski definition) is 1. The molecule has 6 nitrogen and oxygen atoms in total. The molecule has 2 aromatic carbocycles. The first-order chi connectivity index (χ1) is 14.2. The number of aryl methyl sites for hydroxylation is 1. The Kier molecular flexibility index (Phi) is 5.51. The molecule has 1 N–H and O–H groups in total. The molecule has 0 bridgehead atoms. The van der Waals surface area contributed by atoms with E-state index in [1.807, 2.05) is 6.07 Å². The van der Waals surface area contributed by atoms with Crippen molar-refractivity contribution >= 4 is 11.6 Å². The summed E-state index contributed by atoms with van der Waals surface area (Å²) in [6, 6.07) is 14.6. The van der Waals surface area contributed by atoms with Crippen LogP contribution < -0.4 is 19.7 Å². The fraction of sp³-hybridized carbons (Fsp3) is 0.304. The fourth-order valence-electron chi connectivity index (χ4n) is 3.71. The maximum absolute atomic E-state index is 5.47. The quantitative estimate of drug-likeness (QED) is 0.687. The zero-order valence-electron chi connectivity index (χ0n) is 17.1. The molecule has 3 aromatic rings. The van der Waals surface area contributed by atoms with Crippen LogP contribution in [0.3, 0.4) is 0 Å². The topological polar surface area (TPSA) is 59.5 Å². The van der Waals surface area contributed by atoms with Crippen molar-refractivity contribution in [3.8, 4) is 11.5 Å². The number of anilines is 2. The van der Waals surface area contributed by atoms with Crippen molar-refractivity contribution in [3.63, 3.8) is 0 Å². The molecule has 0 amide bonds. The number of methoxy groups -OCH3 is 2. The van der Waals surface area contributed by atoms with E-state index >= 15 is 0 Å². The van der Waals surface area contributed by atoms with E-state index in [4.69, 9.17) is 9.47 Å². The van der Waals surface area contributed by atoms with Gasteiger partial charge in [0, 0.05) is 25.7 Å². The van der Waals surface area contributed by atoms with Gasteiger partial charge >= 0.3 is 0 Å². The summed E-state index contributed by atoms with van der Waals surface area (Å²) in [5.74, 6) is 3.29. The van der Waals surface area contributed by atoms with Gasteiger partial charge in [0.1, 0.15) is 18.0 Å². The van der Waals surface area contributed by atoms with E-state index in [0.29, 0.717) is 0 Å². The summed E-state index contributed by atoms with van der Waals surface area (Å²) in [4.78, 5) is 11.2. The maximum atomic E-state index is 5.47. The van der Waals surface area contributed by atoms with Crippen molar-refractivity contribution in [1.29, 1.82) is 0 Å². The molecule has 0 saturated carbocycles. The highest BCUT2D eigenvalue weighted by Gasteiger charge is 2.20. The molecule has 6 heteroatoms. The first-order valence-electron chi connectivity index (χ1n) is 9.76. The van der Waals surface area contributed by atoms with Crippen LogP contribution in [0.4, 0.5) is 11.6 Å². The summed E-state index contributed by atoms with van der Waals surface area (Å²) < 4.78 is 10.9. The van der Waals surface area contributed by atoms with Gasteiger partial charge < -0.3 is 19.7 Å². The molecule has 0 spiro atoms. The van der Waals surface area contributed by atoms with E-state index in [1.165, 1.54) is 22.3 Å². The molecule has 0 aliphatic carbocycles. The van der Waals surface area contributed by atoms with Crippen molar-refractivity contribution in [2.75, 3.05) is 31.0 Å². The average molecular weight is 390 g/mol. The van der Waals surface area contributed by atoms with Gasteiger partial charge in [0.2, 0.25) is 0 Å². The first kappa shape index (κ1) is 19.1. The molecule has 1 aromatic heterocycles. The lowest BCUT2D eigenvalue weighted by Gasteiger charge is -2.30. The third-order valence-corrected chi connectivity index (χ3v) is 5.25. The molecule has 29 heavy (non-hydrogen) atoms. The third-order valence-electron chi connectivity index (χ3n) is 5.25. The second kappa shape index (κ2) is 8.39. The second-order valence-electron chi connectivity index (χ2n) is 7.25. The van der Waals surface area contributed by atoms with Gasteiger partial charge in [-0.2, -0.15) is 0 Å². The number of nitrogens with zero attached hydrogens (tertiary/aromatic N) is 3. The van der Waals surface area contributed by atoms with Crippen molar-refractivity contribution in [2.45, 2.75) is 26.4 Å². The number of rotatable bonds is 6. The summed E-state index contributed by atoms with van der Waals surface area (Å²) in [7, 11) is 3.34. The molecule has 0 saturated heterocycles. The Balaban J connectivity index is 1.49. The third kappa shape index (κ3) is 4.26. The molecule has 4 rings (SSSR count). The minimum Gasteiger partial charge on any atom is -0.493 e. The number of hydrogen-bond acceptors (Lipinski definition) is 6. The van der Waals surface area contributed by atoms with Crippen molar-refractivity contribution in [3.05, 3.63) is 71.0 Å². The van der Waals surface area contributed by atoms with Crippen LogP contribution in [0.1, 0.15) is 22.3 Å². The van der Waals surface area contributed by atoms with Gasteiger partial charge in [-0.15, -0.1) is 0 Å². The molecule has 1 aliphatic heterocycles. The molecule has 2 heterocycles. The average Bonchev–Trinajstić information content (AvgIpc) is 2.76. The second-order valence-corrected chi connectivity index (χ2v) is 7.25. The standard InChI is InChI=1S/C23H26N4O2/c1-16-5-4-6-17(9-16)13-24-22-12-23(26-15-25-22)27-8-7-18-10-20(28-2)21(29-3)11-19(18)14-27/h4-6,9-12,15H,7-8,13-14H2,1-3H3,(H,24,25,26). The van der Waals surface area contributed by atoms with Crippen LogP contribution in [0, 0.1) is 6.92 Å². The lowest BCUT2D eigenvalue weighted by molar-refractivity contribution is 0.353. The molecular formula is C23H26N4O2. The normalized spacial score (nSPS) is 13.0. The number of aromatic nitrogens is 2. The van der Waals surface area contributed by atoms with Gasteiger partial charge in [-0.3, -0.25) is 0 Å². The summed E-state index contributed by atoms with van der Waals surface area (Å²) >= 11 is 0. The monoisotopic (exact) mass is 390 g/mol. The van der Waals surface area contributed by atoms with Crippen LogP contribution >= 0.6 is 0 Å². The SMILES string of the molecule is COc1cc2c(cc1OC)CN(c1cc(NCc3cccc(C)c3)ncn1)CC2. The van der Waals surface area contributed by atoms with E-state index < -0.39 is 0 Å². The Morgan fingerprint density at radius 2 is 1.79 bits per heavy atom. The molecule has 0 atom stereocenters. The largest absolute Gasteiger partial charge is 0.493 e. The Hall–Kier alpha value is -3.28. The first-order valence-corrected chi connectivity index (χ1v) is 9.76. The summed E-state index contributed by atoms with van der Waals surface area (Å²) in [5.41, 5.74) is 5.03. The maximum Gasteiger partial charge on any atom is 0.161 e. The van der Waals surface area contributed by atoms with Crippen LogP contribution in [-0.2, 0) is 19.5 Å². The van der Waals surface area contributed by atoms with Gasteiger partial charge in [-0.25, -0.2) is 9.97 Å². The molecule has 0 radical (unpaired) electrons. The Bertz CT molecular complexity index is 1010. The summed E-state index contributed by atoms with van der Waals surface area (Å²) in [6.45, 7) is 4.52. The van der Waals surface area contributed by atoms with Gasteiger partial charge in [0.05, 0.1) is 14.2 Å². The zero-order chi connectivity index (χ0) is 20.2. The Morgan fingerprint density at radius 3 is 2.55 bits per heavy atom. The number of benzene rings is 2. The zero-order valence-corrected chi connectivity index (χ0v) is 17.1. The highest BCUT2D eigenvalue weighted by atomic mass is 16.5. The summed E-state index contributed by atoms with van der Waals surface area (Å²) in [6.07, 6.45) is 2.56. The smallest absolute Gasteiger partial charge is 0.161 e. The molecule has 0 unspecified atom stereocenters. The molecule has 150 valence electrons. The minimum absolute atomic E-state index is 0.734. The highest BCUT2D eigenvalue weighted by Crippen LogP contribution is 2.34. The Labute approximate surface area is 171 Å². The van der Waals surface area contributed by atoms with Crippen LogP contribution in [0.5, 0.6) is 11.5 Å². The van der Waals surface area contributed by atoms with Gasteiger partial charge in [0.25, 0.3) is 0 Å². The molecule has 1 aliphatic rings. The van der Waals surface area contributed by atoms with Crippen LogP contribution in [0.2, 0.25) is 0 Å². The lowest BCUT2D eigenvalue weighted by atomic mass is 9.99. The molecular weight excluding hydrogens is 364 g/mol. The van der Waals surface area contributed by atoms with E-state index in [1.54, 1.807) is 20.5 Å². The van der Waals surface area contributed by atoms with Crippen LogP contribution in [0.15, 0.2) is 48.8 Å². The highest BCUT2D eigenvalue weighted by molar-refractivity contribution is 5.54. The number of nitrogens with one attached hydrogen (secondary N) is 1. The molecule has 0 fully saturated rings. The van der Waals surface area contributed by atoms with Gasteiger partial charge in [-0.05, 0) is 42.2 Å². The van der Waals surface area contributed by atoms with Crippen LogP contribution in [0.25, 0.3) is 0 Å². The predicted molar refractivity (Wildman–Crippen MR) is 115 cm³/mol. The van der Waals surface area contributed by atoms with E-state index in [2.05, 4.69) is 63.5 Å². The number of ether oxygens (including phenoxy) is 2. The van der Waals surface area contributed by atoms with Crippen LogP contribution in [-0.4, -0.2) is 30.7 Å². The van der Waals surface area contributed by atoms with Gasteiger partial charge in [0.15, 0.2) is 11.5 Å². The van der Waals surface area contributed by atoms with E-state index in [0.717, 1.165) is 49.2 Å². The lowest BCUT2D eigenvalue weighted by Crippen LogP contribution is -2.31. The van der Waals surface area contributed by atoms with Crippen molar-refractivity contribution in [2.24, 2.45) is 0 Å². The van der Waals surface area contributed by atoms with Crippen molar-refractivity contribution in [1.82, 2.24) is 9.97 Å². The van der Waals surface area contributed by atoms with E-state index in [9.17, 15) is 0 Å². The van der Waals surface area contributed by atoms with E-state index in [-0.39, 0.29) is 0 Å². The number of fused-ring (bicyclic) bond motifs is 1. The predicted octanol–water partition coefficient (Wildman–Crippen LogP) is 3.98. The van der Waals surface area contributed by atoms with Crippen molar-refractivity contribution < 1.29 is 9.47 Å². The van der Waals surface area contributed by atoms with Gasteiger partial charge in [-0.1, -0.05) is 29.8 Å². The summed E-state index contributed by atoms with van der Waals surface area (Å²) in [5, 5.41) is 3.41. The Morgan fingerprint density at radius 1 is 1.00 bits per heavy atom. The fourth-order valence-corrected chi connectivity index (χ4v) is 3.71.